The predicted octanol–water partition coefficient (Wildman–Crippen LogP) is 2.12. The minimum absolute atomic E-state index is 0.00427. The Morgan fingerprint density at radius 3 is 2.72 bits per heavy atom. The number of carbonyl (C=O) groups is 1. The Morgan fingerprint density at radius 1 is 1.44 bits per heavy atom. The molecule has 98 valence electrons. The van der Waals surface area contributed by atoms with Gasteiger partial charge in [-0.05, 0) is 32.4 Å². The third-order valence-electron chi connectivity index (χ3n) is 2.52. The van der Waals surface area contributed by atoms with Crippen LogP contribution in [0.3, 0.4) is 0 Å². The zero-order valence-electron chi connectivity index (χ0n) is 10.6. The van der Waals surface area contributed by atoms with E-state index in [0.29, 0.717) is 12.0 Å². The van der Waals surface area contributed by atoms with Crippen LogP contribution < -0.4 is 5.32 Å². The molecule has 1 rings (SSSR count). The highest BCUT2D eigenvalue weighted by Crippen LogP contribution is 2.09. The molecule has 0 aliphatic rings. The predicted molar refractivity (Wildman–Crippen MR) is 69.4 cm³/mol. The van der Waals surface area contributed by atoms with Crippen molar-refractivity contribution in [2.24, 2.45) is 0 Å². The first-order valence-corrected chi connectivity index (χ1v) is 5.80. The fourth-order valence-corrected chi connectivity index (χ4v) is 1.49. The number of benzene rings is 1. The number of hydrogen-bond acceptors (Lipinski definition) is 2. The van der Waals surface area contributed by atoms with Crippen molar-refractivity contribution < 1.29 is 14.3 Å². The van der Waals surface area contributed by atoms with Crippen molar-refractivity contribution in [1.29, 1.82) is 0 Å². The average molecular weight is 251 g/mol. The SMILES string of the molecule is CC(C)(CCO)NC(=O)/C=C/c1ccccc1F. The highest BCUT2D eigenvalue weighted by Gasteiger charge is 2.18. The van der Waals surface area contributed by atoms with E-state index in [-0.39, 0.29) is 18.3 Å². The van der Waals surface area contributed by atoms with E-state index in [0.717, 1.165) is 0 Å². The van der Waals surface area contributed by atoms with E-state index in [4.69, 9.17) is 5.11 Å². The number of carbonyl (C=O) groups excluding carboxylic acids is 1. The number of hydrogen-bond donors (Lipinski definition) is 2. The minimum Gasteiger partial charge on any atom is -0.396 e. The highest BCUT2D eigenvalue weighted by molar-refractivity contribution is 5.92. The minimum atomic E-state index is -0.481. The maximum atomic E-state index is 13.3. The summed E-state index contributed by atoms with van der Waals surface area (Å²) in [6.07, 6.45) is 3.18. The van der Waals surface area contributed by atoms with Crippen molar-refractivity contribution in [2.75, 3.05) is 6.61 Å². The Balaban J connectivity index is 2.63. The number of nitrogens with one attached hydrogen (secondary N) is 1. The number of aliphatic hydroxyl groups is 1. The summed E-state index contributed by atoms with van der Waals surface area (Å²) in [5.74, 6) is -0.673. The van der Waals surface area contributed by atoms with E-state index in [1.54, 1.807) is 18.2 Å². The van der Waals surface area contributed by atoms with Gasteiger partial charge in [0.15, 0.2) is 0 Å². The van der Waals surface area contributed by atoms with Gasteiger partial charge < -0.3 is 10.4 Å². The normalized spacial score (nSPS) is 11.8. The molecule has 0 saturated heterocycles. The van der Waals surface area contributed by atoms with Gasteiger partial charge in [0.25, 0.3) is 0 Å². The molecule has 0 aromatic heterocycles. The number of aliphatic hydroxyl groups excluding tert-OH is 1. The molecular weight excluding hydrogens is 233 g/mol. The Bertz CT molecular complexity index is 441. The lowest BCUT2D eigenvalue weighted by Crippen LogP contribution is -2.43. The summed E-state index contributed by atoms with van der Waals surface area (Å²) in [5.41, 5.74) is -0.113. The molecule has 0 fully saturated rings. The summed E-state index contributed by atoms with van der Waals surface area (Å²) >= 11 is 0. The highest BCUT2D eigenvalue weighted by atomic mass is 19.1. The Hall–Kier alpha value is -1.68. The molecule has 0 aliphatic carbocycles. The molecule has 0 radical (unpaired) electrons. The molecule has 0 heterocycles. The Kier molecular flexibility index (Phi) is 5.04. The van der Waals surface area contributed by atoms with E-state index < -0.39 is 5.54 Å². The van der Waals surface area contributed by atoms with Crippen LogP contribution in [0, 0.1) is 5.82 Å². The van der Waals surface area contributed by atoms with Crippen LogP contribution in [0.25, 0.3) is 6.08 Å². The van der Waals surface area contributed by atoms with Crippen molar-refractivity contribution in [2.45, 2.75) is 25.8 Å². The molecule has 4 heteroatoms. The lowest BCUT2D eigenvalue weighted by molar-refractivity contribution is -0.118. The summed E-state index contributed by atoms with van der Waals surface area (Å²) in [4.78, 5) is 11.6. The molecule has 0 atom stereocenters. The van der Waals surface area contributed by atoms with Gasteiger partial charge in [0.1, 0.15) is 5.82 Å². The van der Waals surface area contributed by atoms with Crippen LogP contribution in [0.1, 0.15) is 25.8 Å². The van der Waals surface area contributed by atoms with Crippen molar-refractivity contribution >= 4 is 12.0 Å². The third kappa shape index (κ3) is 4.67. The summed E-state index contributed by atoms with van der Waals surface area (Å²) in [6.45, 7) is 3.64. The Labute approximate surface area is 106 Å². The third-order valence-corrected chi connectivity index (χ3v) is 2.52. The molecule has 1 aromatic carbocycles. The summed E-state index contributed by atoms with van der Waals surface area (Å²) in [5, 5.41) is 11.6. The average Bonchev–Trinajstić information content (AvgIpc) is 2.27. The fraction of sp³-hybridized carbons (Fsp3) is 0.357. The van der Waals surface area contributed by atoms with Gasteiger partial charge in [-0.15, -0.1) is 0 Å². The lowest BCUT2D eigenvalue weighted by Gasteiger charge is -2.24. The first-order valence-electron chi connectivity index (χ1n) is 5.80. The molecule has 1 aromatic rings. The van der Waals surface area contributed by atoms with Gasteiger partial charge >= 0.3 is 0 Å². The van der Waals surface area contributed by atoms with E-state index in [9.17, 15) is 9.18 Å². The van der Waals surface area contributed by atoms with E-state index in [1.165, 1.54) is 18.2 Å². The second kappa shape index (κ2) is 6.31. The van der Waals surface area contributed by atoms with Crippen LogP contribution in [0.15, 0.2) is 30.3 Å². The molecule has 0 aliphatic heterocycles. The van der Waals surface area contributed by atoms with Gasteiger partial charge in [-0.1, -0.05) is 18.2 Å². The number of amides is 1. The van der Waals surface area contributed by atoms with Crippen LogP contribution in [0.4, 0.5) is 4.39 Å². The summed E-state index contributed by atoms with van der Waals surface area (Å²) < 4.78 is 13.3. The van der Waals surface area contributed by atoms with Gasteiger partial charge in [0, 0.05) is 23.8 Å². The fourth-order valence-electron chi connectivity index (χ4n) is 1.49. The summed E-state index contributed by atoms with van der Waals surface area (Å²) in [7, 11) is 0. The number of halogens is 1. The van der Waals surface area contributed by atoms with Crippen LogP contribution in [0.5, 0.6) is 0 Å². The van der Waals surface area contributed by atoms with Gasteiger partial charge in [0.2, 0.25) is 5.91 Å². The van der Waals surface area contributed by atoms with Gasteiger partial charge in [-0.25, -0.2) is 4.39 Å². The van der Waals surface area contributed by atoms with E-state index >= 15 is 0 Å². The largest absolute Gasteiger partial charge is 0.396 e. The van der Waals surface area contributed by atoms with E-state index in [2.05, 4.69) is 5.32 Å². The maximum absolute atomic E-state index is 13.3. The Morgan fingerprint density at radius 2 is 2.11 bits per heavy atom. The zero-order chi connectivity index (χ0) is 13.6. The first-order chi connectivity index (χ1) is 8.44. The molecule has 0 unspecified atom stereocenters. The van der Waals surface area contributed by atoms with Crippen molar-refractivity contribution in [3.63, 3.8) is 0 Å². The molecule has 2 N–H and O–H groups in total. The second-order valence-corrected chi connectivity index (χ2v) is 4.70. The topological polar surface area (TPSA) is 49.3 Å². The monoisotopic (exact) mass is 251 g/mol. The van der Waals surface area contributed by atoms with Gasteiger partial charge in [-0.3, -0.25) is 4.79 Å². The summed E-state index contributed by atoms with van der Waals surface area (Å²) in [6, 6.07) is 6.23. The van der Waals surface area contributed by atoms with Gasteiger partial charge in [-0.2, -0.15) is 0 Å². The van der Waals surface area contributed by atoms with Gasteiger partial charge in [0.05, 0.1) is 0 Å². The smallest absolute Gasteiger partial charge is 0.244 e. The molecule has 0 spiro atoms. The van der Waals surface area contributed by atoms with Crippen molar-refractivity contribution in [3.8, 4) is 0 Å². The molecule has 18 heavy (non-hydrogen) atoms. The van der Waals surface area contributed by atoms with Crippen LogP contribution in [-0.4, -0.2) is 23.2 Å². The molecule has 3 nitrogen and oxygen atoms in total. The first kappa shape index (κ1) is 14.4. The standard InChI is InChI=1S/C14H18FNO2/c1-14(2,9-10-17)16-13(18)8-7-11-5-3-4-6-12(11)15/h3-8,17H,9-10H2,1-2H3,(H,16,18)/b8-7+. The van der Waals surface area contributed by atoms with Crippen LogP contribution >= 0.6 is 0 Å². The zero-order valence-corrected chi connectivity index (χ0v) is 10.6. The molecule has 0 saturated carbocycles. The quantitative estimate of drug-likeness (QED) is 0.787. The lowest BCUT2D eigenvalue weighted by atomic mass is 10.0. The van der Waals surface area contributed by atoms with Crippen molar-refractivity contribution in [3.05, 3.63) is 41.7 Å². The van der Waals surface area contributed by atoms with Crippen LogP contribution in [-0.2, 0) is 4.79 Å². The maximum Gasteiger partial charge on any atom is 0.244 e. The number of rotatable bonds is 5. The molecule has 1 amide bonds. The van der Waals surface area contributed by atoms with Crippen LogP contribution in [0.2, 0.25) is 0 Å². The van der Waals surface area contributed by atoms with E-state index in [1.807, 2.05) is 13.8 Å². The van der Waals surface area contributed by atoms with Crippen molar-refractivity contribution in [1.82, 2.24) is 5.32 Å². The molecular formula is C14H18FNO2. The molecule has 0 bridgehead atoms. The second-order valence-electron chi connectivity index (χ2n) is 4.70.